The molecular weight excluding hydrogens is 380 g/mol. The number of H-pyrrole nitrogens is 1. The molecule has 0 aliphatic carbocycles. The lowest BCUT2D eigenvalue weighted by Gasteiger charge is -2.08. The van der Waals surface area contributed by atoms with Crippen molar-refractivity contribution in [2.45, 2.75) is 0 Å². The summed E-state index contributed by atoms with van der Waals surface area (Å²) in [6, 6.07) is 17.2. The second-order valence-electron chi connectivity index (χ2n) is 6.63. The summed E-state index contributed by atoms with van der Waals surface area (Å²) in [6.45, 7) is 0. The van der Waals surface area contributed by atoms with E-state index in [0.717, 1.165) is 0 Å². The average molecular weight is 398 g/mol. The van der Waals surface area contributed by atoms with Crippen molar-refractivity contribution >= 4 is 45.9 Å². The standard InChI is InChI=1S/C23H18N4O3/c24-17-8-4-7-15(11-17)22(28)27-19-9-10-25-21-20(19)16(13-26-21)12-18(23(29)30)14-5-2-1-3-6-14/h1-13H,24H2,(H,29,30)(H2,25,26,27,28)/b18-12+. The first-order valence-corrected chi connectivity index (χ1v) is 9.16. The van der Waals surface area contributed by atoms with E-state index in [1.54, 1.807) is 73.1 Å². The smallest absolute Gasteiger partial charge is 0.336 e. The molecule has 0 saturated carbocycles. The van der Waals surface area contributed by atoms with E-state index in [4.69, 9.17) is 5.73 Å². The van der Waals surface area contributed by atoms with Crippen molar-refractivity contribution in [2.24, 2.45) is 0 Å². The van der Waals surface area contributed by atoms with Gasteiger partial charge in [-0.1, -0.05) is 36.4 Å². The molecule has 0 saturated heterocycles. The van der Waals surface area contributed by atoms with Crippen LogP contribution in [0, 0.1) is 0 Å². The topological polar surface area (TPSA) is 121 Å². The predicted octanol–water partition coefficient (Wildman–Crippen LogP) is 4.02. The second kappa shape index (κ2) is 7.92. The highest BCUT2D eigenvalue weighted by atomic mass is 16.4. The molecule has 0 aliphatic heterocycles. The maximum Gasteiger partial charge on any atom is 0.336 e. The van der Waals surface area contributed by atoms with Gasteiger partial charge in [0, 0.05) is 34.6 Å². The van der Waals surface area contributed by atoms with Crippen LogP contribution in [0.3, 0.4) is 0 Å². The first-order chi connectivity index (χ1) is 14.5. The largest absolute Gasteiger partial charge is 0.478 e. The monoisotopic (exact) mass is 398 g/mol. The fourth-order valence-corrected chi connectivity index (χ4v) is 3.22. The van der Waals surface area contributed by atoms with Crippen LogP contribution < -0.4 is 11.1 Å². The van der Waals surface area contributed by atoms with Gasteiger partial charge in [-0.3, -0.25) is 4.79 Å². The van der Waals surface area contributed by atoms with Crippen molar-refractivity contribution in [2.75, 3.05) is 11.1 Å². The number of fused-ring (bicyclic) bond motifs is 1. The number of carboxylic acids is 1. The van der Waals surface area contributed by atoms with Crippen molar-refractivity contribution in [3.05, 3.63) is 89.7 Å². The lowest BCUT2D eigenvalue weighted by atomic mass is 10.0. The van der Waals surface area contributed by atoms with Crippen molar-refractivity contribution in [3.63, 3.8) is 0 Å². The number of carbonyl (C=O) groups is 2. The molecule has 0 aliphatic rings. The molecule has 2 heterocycles. The predicted molar refractivity (Wildman–Crippen MR) is 117 cm³/mol. The number of anilines is 2. The number of rotatable bonds is 5. The third kappa shape index (κ3) is 3.77. The number of nitrogens with zero attached hydrogens (tertiary/aromatic N) is 1. The van der Waals surface area contributed by atoms with Gasteiger partial charge in [0.1, 0.15) is 5.65 Å². The maximum absolute atomic E-state index is 12.7. The van der Waals surface area contributed by atoms with E-state index in [2.05, 4.69) is 15.3 Å². The third-order valence-electron chi connectivity index (χ3n) is 4.62. The minimum absolute atomic E-state index is 0.133. The molecular formula is C23H18N4O3. The van der Waals surface area contributed by atoms with E-state index in [1.807, 2.05) is 6.07 Å². The van der Waals surface area contributed by atoms with Gasteiger partial charge in [-0.25, -0.2) is 9.78 Å². The molecule has 4 rings (SSSR count). The summed E-state index contributed by atoms with van der Waals surface area (Å²) in [6.07, 6.45) is 4.80. The highest BCUT2D eigenvalue weighted by Gasteiger charge is 2.15. The Bertz CT molecular complexity index is 1280. The van der Waals surface area contributed by atoms with Crippen LogP contribution in [0.1, 0.15) is 21.5 Å². The Morgan fingerprint density at radius 2 is 1.80 bits per heavy atom. The first kappa shape index (κ1) is 18.9. The second-order valence-corrected chi connectivity index (χ2v) is 6.63. The van der Waals surface area contributed by atoms with E-state index in [-0.39, 0.29) is 11.5 Å². The fourth-order valence-electron chi connectivity index (χ4n) is 3.22. The van der Waals surface area contributed by atoms with E-state index in [0.29, 0.717) is 39.1 Å². The quantitative estimate of drug-likeness (QED) is 0.299. The van der Waals surface area contributed by atoms with Crippen LogP contribution in [0.2, 0.25) is 0 Å². The number of carbonyl (C=O) groups excluding carboxylic acids is 1. The number of hydrogen-bond acceptors (Lipinski definition) is 4. The molecule has 30 heavy (non-hydrogen) atoms. The number of amides is 1. The summed E-state index contributed by atoms with van der Waals surface area (Å²) >= 11 is 0. The van der Waals surface area contributed by atoms with Crippen LogP contribution in [-0.2, 0) is 4.79 Å². The van der Waals surface area contributed by atoms with Crippen molar-refractivity contribution in [1.29, 1.82) is 0 Å². The van der Waals surface area contributed by atoms with E-state index in [1.165, 1.54) is 0 Å². The van der Waals surface area contributed by atoms with Gasteiger partial charge in [0.2, 0.25) is 0 Å². The Kier molecular flexibility index (Phi) is 5.00. The Labute approximate surface area is 171 Å². The van der Waals surface area contributed by atoms with Gasteiger partial charge >= 0.3 is 5.97 Å². The lowest BCUT2D eigenvalue weighted by molar-refractivity contribution is -0.130. The lowest BCUT2D eigenvalue weighted by Crippen LogP contribution is -2.12. The highest BCUT2D eigenvalue weighted by molar-refractivity contribution is 6.22. The molecule has 148 valence electrons. The van der Waals surface area contributed by atoms with Crippen molar-refractivity contribution in [1.82, 2.24) is 9.97 Å². The molecule has 0 bridgehead atoms. The number of aromatic nitrogens is 2. The summed E-state index contributed by atoms with van der Waals surface area (Å²) in [5.41, 5.74) is 9.03. The van der Waals surface area contributed by atoms with E-state index >= 15 is 0 Å². The molecule has 7 nitrogen and oxygen atoms in total. The molecule has 0 unspecified atom stereocenters. The summed E-state index contributed by atoms with van der Waals surface area (Å²) in [7, 11) is 0. The zero-order valence-corrected chi connectivity index (χ0v) is 15.8. The molecule has 5 N–H and O–H groups in total. The molecule has 7 heteroatoms. The maximum atomic E-state index is 12.7. The summed E-state index contributed by atoms with van der Waals surface area (Å²) < 4.78 is 0. The number of aliphatic carboxylic acids is 1. The molecule has 0 fully saturated rings. The minimum atomic E-state index is -1.05. The van der Waals surface area contributed by atoms with Gasteiger partial charge in [0.05, 0.1) is 11.3 Å². The molecule has 1 amide bonds. The molecule has 0 radical (unpaired) electrons. The number of benzene rings is 2. The highest BCUT2D eigenvalue weighted by Crippen LogP contribution is 2.29. The van der Waals surface area contributed by atoms with Crippen LogP contribution >= 0.6 is 0 Å². The number of carboxylic acid groups (broad SMARTS) is 1. The summed E-state index contributed by atoms with van der Waals surface area (Å²) in [4.78, 5) is 31.9. The van der Waals surface area contributed by atoms with Crippen molar-refractivity contribution in [3.8, 4) is 0 Å². The zero-order chi connectivity index (χ0) is 21.1. The Hall–Kier alpha value is -4.39. The van der Waals surface area contributed by atoms with Gasteiger partial charge in [-0.05, 0) is 35.9 Å². The molecule has 4 aromatic rings. The van der Waals surface area contributed by atoms with Gasteiger partial charge in [-0.2, -0.15) is 0 Å². The molecule has 2 aromatic carbocycles. The van der Waals surface area contributed by atoms with Crippen LogP contribution in [-0.4, -0.2) is 27.0 Å². The number of aromatic amines is 1. The third-order valence-corrected chi connectivity index (χ3v) is 4.62. The number of hydrogen-bond donors (Lipinski definition) is 4. The van der Waals surface area contributed by atoms with Crippen LogP contribution in [0.5, 0.6) is 0 Å². The molecule has 2 aromatic heterocycles. The number of nitrogen functional groups attached to an aromatic ring is 1. The minimum Gasteiger partial charge on any atom is -0.478 e. The summed E-state index contributed by atoms with van der Waals surface area (Å²) in [5.74, 6) is -1.38. The first-order valence-electron chi connectivity index (χ1n) is 9.16. The van der Waals surface area contributed by atoms with Crippen LogP contribution in [0.15, 0.2) is 73.1 Å². The molecule has 0 atom stereocenters. The van der Waals surface area contributed by atoms with Gasteiger partial charge in [0.15, 0.2) is 0 Å². The average Bonchev–Trinajstić information content (AvgIpc) is 3.16. The normalized spacial score (nSPS) is 11.4. The Morgan fingerprint density at radius 1 is 1.03 bits per heavy atom. The fraction of sp³-hybridized carbons (Fsp3) is 0. The van der Waals surface area contributed by atoms with Crippen LogP contribution in [0.25, 0.3) is 22.7 Å². The molecule has 0 spiro atoms. The van der Waals surface area contributed by atoms with Gasteiger partial charge < -0.3 is 21.1 Å². The Balaban J connectivity index is 1.78. The van der Waals surface area contributed by atoms with Crippen LogP contribution in [0.4, 0.5) is 11.4 Å². The SMILES string of the molecule is Nc1cccc(C(=O)Nc2ccnc3[nH]cc(/C=C(/C(=O)O)c4ccccc4)c23)c1. The van der Waals surface area contributed by atoms with E-state index in [9.17, 15) is 14.7 Å². The van der Waals surface area contributed by atoms with Gasteiger partial charge in [-0.15, -0.1) is 0 Å². The zero-order valence-electron chi connectivity index (χ0n) is 15.8. The van der Waals surface area contributed by atoms with E-state index < -0.39 is 5.97 Å². The van der Waals surface area contributed by atoms with Gasteiger partial charge in [0.25, 0.3) is 5.91 Å². The van der Waals surface area contributed by atoms with Crippen molar-refractivity contribution < 1.29 is 14.7 Å². The Morgan fingerprint density at radius 3 is 2.53 bits per heavy atom. The number of pyridine rings is 1. The number of nitrogens with two attached hydrogens (primary N) is 1. The number of nitrogens with one attached hydrogen (secondary N) is 2. The summed E-state index contributed by atoms with van der Waals surface area (Å²) in [5, 5.41) is 13.2.